The zero-order valence-corrected chi connectivity index (χ0v) is 32.1. The molecule has 0 fully saturated rings. The van der Waals surface area contributed by atoms with E-state index in [1.807, 2.05) is 21.1 Å². The van der Waals surface area contributed by atoms with E-state index in [0.29, 0.717) is 24.1 Å². The number of likely N-dealkylation sites (N-methyl/N-ethyl adjacent to an activating group) is 1. The van der Waals surface area contributed by atoms with Crippen molar-refractivity contribution in [2.45, 2.75) is 161 Å². The monoisotopic (exact) mass is 688 g/mol. The number of hydrogen-bond donors (Lipinski definition) is 0. The van der Waals surface area contributed by atoms with Crippen LogP contribution in [0.5, 0.6) is 0 Å². The Kier molecular flexibility index (Phi) is 31.5. The second kappa shape index (κ2) is 32.2. The van der Waals surface area contributed by atoms with Gasteiger partial charge in [-0.25, -0.2) is 0 Å². The molecule has 0 aromatic carbocycles. The smallest absolute Gasteiger partial charge is 0.306 e. The van der Waals surface area contributed by atoms with Gasteiger partial charge in [0.1, 0.15) is 19.3 Å². The minimum atomic E-state index is -4.52. The lowest BCUT2D eigenvalue weighted by molar-refractivity contribution is -0.870. The fraction of sp³-hybridized carbons (Fsp3) is 0.868. The van der Waals surface area contributed by atoms with Crippen molar-refractivity contribution in [1.29, 1.82) is 0 Å². The molecule has 9 heteroatoms. The molecule has 0 N–H and O–H groups in total. The van der Waals surface area contributed by atoms with Crippen LogP contribution in [0.25, 0.3) is 0 Å². The van der Waals surface area contributed by atoms with Crippen LogP contribution in [0, 0.1) is 0 Å². The van der Waals surface area contributed by atoms with Crippen molar-refractivity contribution >= 4 is 13.8 Å². The average Bonchev–Trinajstić information content (AvgIpc) is 3.01. The number of esters is 1. The van der Waals surface area contributed by atoms with Crippen molar-refractivity contribution in [2.75, 3.05) is 54.1 Å². The van der Waals surface area contributed by atoms with Crippen LogP contribution in [0.15, 0.2) is 24.3 Å². The Hall–Kier alpha value is -1.02. The van der Waals surface area contributed by atoms with Crippen molar-refractivity contribution in [2.24, 2.45) is 0 Å². The third kappa shape index (κ3) is 36.1. The van der Waals surface area contributed by atoms with Gasteiger partial charge in [0.2, 0.25) is 0 Å². The topological polar surface area (TPSA) is 94.1 Å². The van der Waals surface area contributed by atoms with Gasteiger partial charge in [0.05, 0.1) is 34.4 Å². The number of allylic oxidation sites excluding steroid dienone is 4. The Morgan fingerprint density at radius 3 is 1.81 bits per heavy atom. The summed E-state index contributed by atoms with van der Waals surface area (Å²) in [5.41, 5.74) is 0. The first-order valence-electron chi connectivity index (χ1n) is 19.1. The van der Waals surface area contributed by atoms with E-state index in [2.05, 4.69) is 38.2 Å². The van der Waals surface area contributed by atoms with E-state index >= 15 is 0 Å². The molecular weight excluding hydrogens is 613 g/mol. The molecule has 0 bridgehead atoms. The Morgan fingerprint density at radius 1 is 0.660 bits per heavy atom. The summed E-state index contributed by atoms with van der Waals surface area (Å²) < 4.78 is 34.4. The van der Waals surface area contributed by atoms with Crippen molar-refractivity contribution < 1.29 is 37.3 Å². The van der Waals surface area contributed by atoms with Gasteiger partial charge in [-0.3, -0.25) is 9.36 Å². The third-order valence-electron chi connectivity index (χ3n) is 7.99. The number of phosphoric acid groups is 1. The van der Waals surface area contributed by atoms with E-state index in [-0.39, 0.29) is 25.8 Å². The maximum Gasteiger partial charge on any atom is 0.306 e. The van der Waals surface area contributed by atoms with Gasteiger partial charge in [0.15, 0.2) is 0 Å². The predicted octanol–water partition coefficient (Wildman–Crippen LogP) is 9.86. The Morgan fingerprint density at radius 2 is 1.21 bits per heavy atom. The Balaban J connectivity index is 4.32. The van der Waals surface area contributed by atoms with Gasteiger partial charge in [-0.15, -0.1) is 0 Å². The van der Waals surface area contributed by atoms with Crippen LogP contribution in [0.4, 0.5) is 0 Å². The van der Waals surface area contributed by atoms with Crippen LogP contribution in [0.2, 0.25) is 0 Å². The largest absolute Gasteiger partial charge is 0.756 e. The minimum absolute atomic E-state index is 0.0247. The first-order valence-corrected chi connectivity index (χ1v) is 20.5. The highest BCUT2D eigenvalue weighted by molar-refractivity contribution is 7.45. The summed E-state index contributed by atoms with van der Waals surface area (Å²) in [5, 5.41) is 0. The summed E-state index contributed by atoms with van der Waals surface area (Å²) in [7, 11) is 1.35. The molecule has 0 aliphatic heterocycles. The summed E-state index contributed by atoms with van der Waals surface area (Å²) in [5.74, 6) is -0.349. The molecule has 278 valence electrons. The zero-order valence-electron chi connectivity index (χ0n) is 31.2. The molecule has 8 nitrogen and oxygen atoms in total. The van der Waals surface area contributed by atoms with E-state index in [0.717, 1.165) is 64.2 Å². The molecule has 0 heterocycles. The van der Waals surface area contributed by atoms with Crippen LogP contribution in [0.1, 0.15) is 155 Å². The first-order chi connectivity index (χ1) is 22.6. The second-order valence-electron chi connectivity index (χ2n) is 13.9. The molecule has 0 saturated carbocycles. The molecule has 2 unspecified atom stereocenters. The van der Waals surface area contributed by atoms with Crippen LogP contribution < -0.4 is 4.89 Å². The van der Waals surface area contributed by atoms with Gasteiger partial charge in [-0.1, -0.05) is 134 Å². The molecule has 0 rings (SSSR count). The van der Waals surface area contributed by atoms with Crippen LogP contribution in [-0.2, 0) is 27.9 Å². The quantitative estimate of drug-likeness (QED) is 0.0215. The number of quaternary nitrogens is 1. The Labute approximate surface area is 290 Å². The van der Waals surface area contributed by atoms with Crippen molar-refractivity contribution in [3.05, 3.63) is 24.3 Å². The highest BCUT2D eigenvalue weighted by atomic mass is 31.2. The molecule has 0 radical (unpaired) electrons. The lowest BCUT2D eigenvalue weighted by Gasteiger charge is -2.28. The van der Waals surface area contributed by atoms with E-state index < -0.39 is 13.9 Å². The molecule has 0 saturated heterocycles. The lowest BCUT2D eigenvalue weighted by Crippen LogP contribution is -2.37. The number of hydrogen-bond acceptors (Lipinski definition) is 7. The van der Waals surface area contributed by atoms with Crippen LogP contribution in [-0.4, -0.2) is 70.7 Å². The number of unbranched alkanes of at least 4 members (excludes halogenated alkanes) is 17. The summed E-state index contributed by atoms with van der Waals surface area (Å²) in [6, 6.07) is 0. The molecule has 0 spiro atoms. The third-order valence-corrected chi connectivity index (χ3v) is 8.95. The molecule has 0 aromatic rings. The fourth-order valence-electron chi connectivity index (χ4n) is 4.99. The highest BCUT2D eigenvalue weighted by Gasteiger charge is 2.20. The number of rotatable bonds is 35. The molecule has 47 heavy (non-hydrogen) atoms. The van der Waals surface area contributed by atoms with Gasteiger partial charge >= 0.3 is 5.97 Å². The number of carbonyl (C=O) groups excluding carboxylic acids is 1. The zero-order chi connectivity index (χ0) is 34.9. The standard InChI is InChI=1S/C38H74NO7P/c1-6-8-10-12-14-16-18-20-21-23-25-27-29-31-38(40)46-37(36-45-47(41,42)44-34-32-39(3,4)5)35-43-33-30-28-26-24-22-19-17-15-13-11-9-7-2/h10,12,16,18,37H,6-9,11,13-15,17,19-36H2,1-5H3/b12-10-,18-16-. The SMILES string of the molecule is CCC/C=C\C/C=C\CCCCCCCC(=O)OC(COCCCCCCCCCCCCCC)COP(=O)([O-])OCC[N+](C)(C)C. The second-order valence-corrected chi connectivity index (χ2v) is 15.4. The lowest BCUT2D eigenvalue weighted by atomic mass is 10.1. The molecule has 0 amide bonds. The summed E-state index contributed by atoms with van der Waals surface area (Å²) >= 11 is 0. The normalized spacial score (nSPS) is 14.3. The van der Waals surface area contributed by atoms with Crippen molar-refractivity contribution in [3.63, 3.8) is 0 Å². The average molecular weight is 688 g/mol. The number of phosphoric ester groups is 1. The number of nitrogens with zero attached hydrogens (tertiary/aromatic N) is 1. The van der Waals surface area contributed by atoms with E-state index in [1.165, 1.54) is 70.6 Å². The van der Waals surface area contributed by atoms with Gasteiger partial charge in [0, 0.05) is 13.0 Å². The van der Waals surface area contributed by atoms with Gasteiger partial charge in [-0.2, -0.15) is 0 Å². The molecule has 0 aliphatic rings. The van der Waals surface area contributed by atoms with Crippen molar-refractivity contribution in [1.82, 2.24) is 0 Å². The van der Waals surface area contributed by atoms with E-state index in [9.17, 15) is 14.3 Å². The molecule has 0 aliphatic carbocycles. The predicted molar refractivity (Wildman–Crippen MR) is 194 cm³/mol. The van der Waals surface area contributed by atoms with Gasteiger partial charge in [0.25, 0.3) is 7.82 Å². The maximum absolute atomic E-state index is 12.6. The fourth-order valence-corrected chi connectivity index (χ4v) is 5.72. The van der Waals surface area contributed by atoms with Gasteiger partial charge in [-0.05, 0) is 38.5 Å². The number of carbonyl (C=O) groups is 1. The summed E-state index contributed by atoms with van der Waals surface area (Å²) in [6.45, 7) is 5.33. The molecule has 0 aromatic heterocycles. The molecule has 2 atom stereocenters. The Bertz CT molecular complexity index is 812. The molecular formula is C38H74NO7P. The summed E-state index contributed by atoms with van der Waals surface area (Å²) in [4.78, 5) is 24.9. The number of ether oxygens (including phenoxy) is 2. The van der Waals surface area contributed by atoms with E-state index in [4.69, 9.17) is 18.5 Å². The maximum atomic E-state index is 12.6. The summed E-state index contributed by atoms with van der Waals surface area (Å²) in [6.07, 6.45) is 33.2. The highest BCUT2D eigenvalue weighted by Crippen LogP contribution is 2.38. The first kappa shape index (κ1) is 46.0. The van der Waals surface area contributed by atoms with E-state index in [1.54, 1.807) is 0 Å². The van der Waals surface area contributed by atoms with Gasteiger partial charge < -0.3 is 27.9 Å². The minimum Gasteiger partial charge on any atom is -0.756 e. The van der Waals surface area contributed by atoms with Crippen LogP contribution >= 0.6 is 7.82 Å². The van der Waals surface area contributed by atoms with Crippen molar-refractivity contribution in [3.8, 4) is 0 Å². The van der Waals surface area contributed by atoms with Crippen LogP contribution in [0.3, 0.4) is 0 Å².